The highest BCUT2D eigenvalue weighted by atomic mass is 16.5. The van der Waals surface area contributed by atoms with Crippen LogP contribution in [0.1, 0.15) is 18.4 Å². The summed E-state index contributed by atoms with van der Waals surface area (Å²) in [5.74, 6) is 1.64. The Labute approximate surface area is 184 Å². The van der Waals surface area contributed by atoms with E-state index in [0.29, 0.717) is 13.1 Å². The molecule has 0 atom stereocenters. The molecule has 1 aliphatic rings. The van der Waals surface area contributed by atoms with E-state index < -0.39 is 0 Å². The molecule has 160 valence electrons. The van der Waals surface area contributed by atoms with Gasteiger partial charge in [-0.25, -0.2) is 0 Å². The van der Waals surface area contributed by atoms with Crippen LogP contribution in [0.2, 0.25) is 0 Å². The number of amides is 1. The molecular formula is C26H29N3O2. The van der Waals surface area contributed by atoms with E-state index in [9.17, 15) is 4.79 Å². The first-order valence-electron chi connectivity index (χ1n) is 10.9. The second kappa shape index (κ2) is 10.6. The lowest BCUT2D eigenvalue weighted by molar-refractivity contribution is -0.120. The van der Waals surface area contributed by atoms with Crippen LogP contribution < -0.4 is 20.3 Å². The quantitative estimate of drug-likeness (QED) is 0.574. The molecular weight excluding hydrogens is 386 g/mol. The van der Waals surface area contributed by atoms with Crippen molar-refractivity contribution in [2.45, 2.75) is 25.4 Å². The first-order valence-corrected chi connectivity index (χ1v) is 10.9. The lowest BCUT2D eigenvalue weighted by Gasteiger charge is -2.28. The van der Waals surface area contributed by atoms with Gasteiger partial charge in [0.25, 0.3) is 0 Å². The first-order chi connectivity index (χ1) is 15.3. The first kappa shape index (κ1) is 20.9. The highest BCUT2D eigenvalue weighted by Gasteiger charge is 2.18. The Balaban J connectivity index is 1.45. The summed E-state index contributed by atoms with van der Waals surface area (Å²) in [7, 11) is 0. The number of carbonyl (C=O) groups is 1. The maximum Gasteiger partial charge on any atom is 0.239 e. The highest BCUT2D eigenvalue weighted by Crippen LogP contribution is 2.25. The van der Waals surface area contributed by atoms with Crippen LogP contribution in [-0.2, 0) is 11.3 Å². The molecule has 2 N–H and O–H groups in total. The Hall–Kier alpha value is -3.31. The van der Waals surface area contributed by atoms with E-state index in [1.54, 1.807) is 0 Å². The number of anilines is 1. The van der Waals surface area contributed by atoms with E-state index in [0.717, 1.165) is 43.1 Å². The number of nitrogens with zero attached hydrogens (tertiary/aromatic N) is 1. The van der Waals surface area contributed by atoms with Crippen LogP contribution in [0.25, 0.3) is 0 Å². The normalized spacial score (nSPS) is 14.1. The minimum atomic E-state index is 0.0624. The zero-order valence-electron chi connectivity index (χ0n) is 17.7. The number of piperidine rings is 1. The number of nitrogens with one attached hydrogen (secondary N) is 2. The van der Waals surface area contributed by atoms with Crippen molar-refractivity contribution in [3.05, 3.63) is 90.5 Å². The molecule has 0 spiro atoms. The third kappa shape index (κ3) is 6.33. The van der Waals surface area contributed by atoms with Crippen molar-refractivity contribution < 1.29 is 9.53 Å². The molecule has 0 bridgehead atoms. The largest absolute Gasteiger partial charge is 0.457 e. The predicted octanol–water partition coefficient (Wildman–Crippen LogP) is 4.35. The van der Waals surface area contributed by atoms with E-state index >= 15 is 0 Å². The molecule has 0 saturated carbocycles. The van der Waals surface area contributed by atoms with Crippen molar-refractivity contribution in [3.8, 4) is 11.5 Å². The summed E-state index contributed by atoms with van der Waals surface area (Å²) in [5.41, 5.74) is 2.16. The number of ether oxygens (including phenoxy) is 1. The molecule has 1 aliphatic heterocycles. The highest BCUT2D eigenvalue weighted by molar-refractivity contribution is 5.81. The van der Waals surface area contributed by atoms with Gasteiger partial charge in [-0.3, -0.25) is 4.79 Å². The fourth-order valence-electron chi connectivity index (χ4n) is 3.80. The fourth-order valence-corrected chi connectivity index (χ4v) is 3.80. The molecule has 5 nitrogen and oxygen atoms in total. The van der Waals surface area contributed by atoms with Gasteiger partial charge in [-0.05, 0) is 67.9 Å². The van der Waals surface area contributed by atoms with E-state index in [1.165, 1.54) is 5.56 Å². The summed E-state index contributed by atoms with van der Waals surface area (Å²) in [4.78, 5) is 14.9. The number of carbonyl (C=O) groups excluding carboxylic acids is 1. The number of rotatable bonds is 8. The standard InChI is InChI=1S/C26H29N3O2/c30-26(28-22-15-17-27-18-16-22)20-29(19-21-7-3-1-4-8-21)23-11-13-25(14-12-23)31-24-9-5-2-6-10-24/h1-14,22,27H,15-20H2,(H,28,30). The summed E-state index contributed by atoms with van der Waals surface area (Å²) in [6.07, 6.45) is 1.96. The number of hydrogen-bond donors (Lipinski definition) is 2. The van der Waals surface area contributed by atoms with E-state index in [-0.39, 0.29) is 11.9 Å². The van der Waals surface area contributed by atoms with Gasteiger partial charge in [0.1, 0.15) is 11.5 Å². The molecule has 31 heavy (non-hydrogen) atoms. The van der Waals surface area contributed by atoms with Gasteiger partial charge in [0.05, 0.1) is 6.54 Å². The molecule has 0 radical (unpaired) electrons. The molecule has 3 aromatic carbocycles. The Morgan fingerprint density at radius 3 is 2.16 bits per heavy atom. The minimum absolute atomic E-state index is 0.0624. The van der Waals surface area contributed by atoms with Crippen molar-refractivity contribution in [3.63, 3.8) is 0 Å². The van der Waals surface area contributed by atoms with Crippen LogP contribution in [0.4, 0.5) is 5.69 Å². The molecule has 1 heterocycles. The monoisotopic (exact) mass is 415 g/mol. The lowest BCUT2D eigenvalue weighted by atomic mass is 10.1. The van der Waals surface area contributed by atoms with Crippen LogP contribution in [0.5, 0.6) is 11.5 Å². The van der Waals surface area contributed by atoms with E-state index in [4.69, 9.17) is 4.74 Å². The number of para-hydroxylation sites is 1. The average Bonchev–Trinajstić information content (AvgIpc) is 2.81. The molecule has 0 aromatic heterocycles. The van der Waals surface area contributed by atoms with Crippen LogP contribution in [0.3, 0.4) is 0 Å². The second-order valence-electron chi connectivity index (χ2n) is 7.84. The van der Waals surface area contributed by atoms with Crippen LogP contribution in [0, 0.1) is 0 Å². The van der Waals surface area contributed by atoms with Gasteiger partial charge in [0.15, 0.2) is 0 Å². The van der Waals surface area contributed by atoms with Crippen molar-refractivity contribution in [1.82, 2.24) is 10.6 Å². The molecule has 3 aromatic rings. The molecule has 0 aliphatic carbocycles. The third-order valence-corrected chi connectivity index (χ3v) is 5.44. The number of benzene rings is 3. The molecule has 1 saturated heterocycles. The van der Waals surface area contributed by atoms with Gasteiger partial charge in [-0.2, -0.15) is 0 Å². The predicted molar refractivity (Wildman–Crippen MR) is 124 cm³/mol. The topological polar surface area (TPSA) is 53.6 Å². The van der Waals surface area contributed by atoms with Crippen molar-refractivity contribution >= 4 is 11.6 Å². The summed E-state index contributed by atoms with van der Waals surface area (Å²) in [6, 6.07) is 28.1. The number of hydrogen-bond acceptors (Lipinski definition) is 4. The summed E-state index contributed by atoms with van der Waals surface area (Å²) >= 11 is 0. The molecule has 4 rings (SSSR count). The van der Waals surface area contributed by atoms with Gasteiger partial charge in [0, 0.05) is 18.3 Å². The minimum Gasteiger partial charge on any atom is -0.457 e. The smallest absolute Gasteiger partial charge is 0.239 e. The van der Waals surface area contributed by atoms with Crippen LogP contribution in [0.15, 0.2) is 84.9 Å². The SMILES string of the molecule is O=C(CN(Cc1ccccc1)c1ccc(Oc2ccccc2)cc1)NC1CCNCC1. The molecule has 1 amide bonds. The van der Waals surface area contributed by atoms with Crippen molar-refractivity contribution in [2.24, 2.45) is 0 Å². The molecule has 1 fully saturated rings. The van der Waals surface area contributed by atoms with Crippen LogP contribution >= 0.6 is 0 Å². The summed E-state index contributed by atoms with van der Waals surface area (Å²) in [5, 5.41) is 6.54. The zero-order valence-corrected chi connectivity index (χ0v) is 17.7. The van der Waals surface area contributed by atoms with Crippen molar-refractivity contribution in [2.75, 3.05) is 24.5 Å². The van der Waals surface area contributed by atoms with Gasteiger partial charge < -0.3 is 20.3 Å². The van der Waals surface area contributed by atoms with Gasteiger partial charge in [0.2, 0.25) is 5.91 Å². The Morgan fingerprint density at radius 1 is 0.871 bits per heavy atom. The zero-order chi connectivity index (χ0) is 21.3. The van der Waals surface area contributed by atoms with Gasteiger partial charge in [-0.15, -0.1) is 0 Å². The third-order valence-electron chi connectivity index (χ3n) is 5.44. The van der Waals surface area contributed by atoms with E-state index in [1.807, 2.05) is 72.8 Å². The fraction of sp³-hybridized carbons (Fsp3) is 0.269. The summed E-state index contributed by atoms with van der Waals surface area (Å²) in [6.45, 7) is 2.90. The Bertz CT molecular complexity index is 939. The average molecular weight is 416 g/mol. The van der Waals surface area contributed by atoms with Crippen LogP contribution in [-0.4, -0.2) is 31.6 Å². The Morgan fingerprint density at radius 2 is 1.48 bits per heavy atom. The second-order valence-corrected chi connectivity index (χ2v) is 7.84. The molecule has 0 unspecified atom stereocenters. The van der Waals surface area contributed by atoms with Gasteiger partial charge in [-0.1, -0.05) is 48.5 Å². The maximum atomic E-state index is 12.8. The maximum absolute atomic E-state index is 12.8. The van der Waals surface area contributed by atoms with Crippen molar-refractivity contribution in [1.29, 1.82) is 0 Å². The molecule has 5 heteroatoms. The Kier molecular flexibility index (Phi) is 7.19. The van der Waals surface area contributed by atoms with E-state index in [2.05, 4.69) is 27.7 Å². The lowest BCUT2D eigenvalue weighted by Crippen LogP contribution is -2.46. The van der Waals surface area contributed by atoms with Gasteiger partial charge >= 0.3 is 0 Å². The summed E-state index contributed by atoms with van der Waals surface area (Å²) < 4.78 is 5.91.